The maximum absolute atomic E-state index is 11.8. The van der Waals surface area contributed by atoms with Crippen LogP contribution in [0, 0.1) is 39.9 Å². The number of fused-ring (bicyclic) bond motifs is 1. The first-order valence-corrected chi connectivity index (χ1v) is 9.73. The summed E-state index contributed by atoms with van der Waals surface area (Å²) in [6, 6.07) is 0.456. The minimum absolute atomic E-state index is 0.167. The van der Waals surface area contributed by atoms with Gasteiger partial charge in [0.2, 0.25) is 0 Å². The van der Waals surface area contributed by atoms with Gasteiger partial charge >= 0.3 is 0 Å². The molecule has 0 radical (unpaired) electrons. The molecule has 9 rings (SSSR count). The van der Waals surface area contributed by atoms with Crippen molar-refractivity contribution in [2.24, 2.45) is 39.9 Å². The van der Waals surface area contributed by atoms with Gasteiger partial charge in [-0.3, -0.25) is 4.90 Å². The molecule has 3 heterocycles. The summed E-state index contributed by atoms with van der Waals surface area (Å²) in [6.07, 6.45) is 6.87. The first-order valence-electron chi connectivity index (χ1n) is 9.73. The van der Waals surface area contributed by atoms with Gasteiger partial charge in [-0.05, 0) is 54.3 Å². The predicted octanol–water partition coefficient (Wildman–Crippen LogP) is 2.14. The highest BCUT2D eigenvalue weighted by molar-refractivity contribution is 5.42. The van der Waals surface area contributed by atoms with Gasteiger partial charge in [0.1, 0.15) is 5.72 Å². The zero-order valence-electron chi connectivity index (χ0n) is 14.0. The zero-order chi connectivity index (χ0) is 15.6. The third kappa shape index (κ3) is 0.910. The molecule has 3 heteroatoms. The lowest BCUT2D eigenvalue weighted by Gasteiger charge is -2.65. The van der Waals surface area contributed by atoms with Gasteiger partial charge in [0.15, 0.2) is 0 Å². The van der Waals surface area contributed by atoms with Crippen LogP contribution in [0.4, 0.5) is 0 Å². The molecule has 2 N–H and O–H groups in total. The van der Waals surface area contributed by atoms with E-state index in [4.69, 9.17) is 0 Å². The smallest absolute Gasteiger partial charge is 0.123 e. The van der Waals surface area contributed by atoms with E-state index in [1.165, 1.54) is 24.8 Å². The van der Waals surface area contributed by atoms with E-state index in [0.29, 0.717) is 34.6 Å². The standard InChI is InChI=1S/C20H27NO2/c1-10-7-18-8-20(23)16-17(2)4-3-5-19(16)12(18)6-11(10)14(22)13(18)15(19)21(20)9-17/h11-16,22-23H,1,3-9H2,2H3/t11-,12+,13+,14-,15+,16+,17-,18+,19-,20+/m0/s1. The Bertz CT molecular complexity index is 691. The van der Waals surface area contributed by atoms with Crippen LogP contribution in [0.25, 0.3) is 0 Å². The summed E-state index contributed by atoms with van der Waals surface area (Å²) in [5.41, 5.74) is 1.49. The van der Waals surface area contributed by atoms with Crippen LogP contribution in [0.5, 0.6) is 0 Å². The van der Waals surface area contributed by atoms with Gasteiger partial charge in [0, 0.05) is 30.3 Å². The van der Waals surface area contributed by atoms with E-state index < -0.39 is 5.72 Å². The highest BCUT2D eigenvalue weighted by atomic mass is 16.3. The summed E-state index contributed by atoms with van der Waals surface area (Å²) >= 11 is 0. The number of hydrogen-bond donors (Lipinski definition) is 2. The highest BCUT2D eigenvalue weighted by Crippen LogP contribution is 2.89. The predicted molar refractivity (Wildman–Crippen MR) is 85.2 cm³/mol. The Morgan fingerprint density at radius 3 is 2.96 bits per heavy atom. The zero-order valence-corrected chi connectivity index (χ0v) is 14.0. The van der Waals surface area contributed by atoms with Crippen molar-refractivity contribution in [3.8, 4) is 0 Å². The molecule has 9 aliphatic rings. The second kappa shape index (κ2) is 3.08. The molecule has 9 fully saturated rings. The molecule has 2 spiro atoms. The number of nitrogens with zero attached hydrogens (tertiary/aromatic N) is 1. The maximum Gasteiger partial charge on any atom is 0.123 e. The van der Waals surface area contributed by atoms with E-state index in [9.17, 15) is 10.2 Å². The second-order valence-corrected chi connectivity index (χ2v) is 10.7. The Morgan fingerprint density at radius 2 is 2.13 bits per heavy atom. The summed E-state index contributed by atoms with van der Waals surface area (Å²) in [6.45, 7) is 7.86. The monoisotopic (exact) mass is 313 g/mol. The highest BCUT2D eigenvalue weighted by Gasteiger charge is 2.91. The van der Waals surface area contributed by atoms with E-state index in [-0.39, 0.29) is 11.5 Å². The minimum atomic E-state index is -0.572. The number of aliphatic hydroxyl groups is 2. The lowest BCUT2D eigenvalue weighted by molar-refractivity contribution is -0.240. The topological polar surface area (TPSA) is 43.7 Å². The van der Waals surface area contributed by atoms with Crippen molar-refractivity contribution in [1.29, 1.82) is 0 Å². The van der Waals surface area contributed by atoms with Gasteiger partial charge in [-0.15, -0.1) is 0 Å². The molecule has 3 nitrogen and oxygen atoms in total. The van der Waals surface area contributed by atoms with Crippen molar-refractivity contribution in [3.05, 3.63) is 12.2 Å². The maximum atomic E-state index is 11.8. The minimum Gasteiger partial charge on any atom is -0.392 e. The van der Waals surface area contributed by atoms with E-state index in [0.717, 1.165) is 31.7 Å². The molecule has 6 saturated carbocycles. The average Bonchev–Trinajstić information content (AvgIpc) is 2.82. The van der Waals surface area contributed by atoms with Gasteiger partial charge in [-0.1, -0.05) is 25.5 Å². The molecule has 0 aromatic rings. The molecule has 23 heavy (non-hydrogen) atoms. The summed E-state index contributed by atoms with van der Waals surface area (Å²) in [5, 5.41) is 23.0. The first kappa shape index (κ1) is 12.9. The lowest BCUT2D eigenvalue weighted by atomic mass is 9.40. The van der Waals surface area contributed by atoms with Gasteiger partial charge in [-0.2, -0.15) is 0 Å². The molecule has 0 aromatic carbocycles. The van der Waals surface area contributed by atoms with E-state index in [2.05, 4.69) is 18.4 Å². The van der Waals surface area contributed by atoms with Crippen LogP contribution in [0.2, 0.25) is 0 Å². The van der Waals surface area contributed by atoms with Crippen LogP contribution in [0.1, 0.15) is 45.4 Å². The van der Waals surface area contributed by atoms with Crippen molar-refractivity contribution in [3.63, 3.8) is 0 Å². The van der Waals surface area contributed by atoms with Crippen LogP contribution in [0.15, 0.2) is 12.2 Å². The van der Waals surface area contributed by atoms with Gasteiger partial charge in [-0.25, -0.2) is 0 Å². The van der Waals surface area contributed by atoms with Gasteiger partial charge < -0.3 is 10.2 Å². The fraction of sp³-hybridized carbons (Fsp3) is 0.900. The Kier molecular flexibility index (Phi) is 1.73. The van der Waals surface area contributed by atoms with E-state index >= 15 is 0 Å². The Labute approximate surface area is 137 Å². The number of piperidine rings is 2. The van der Waals surface area contributed by atoms with Crippen molar-refractivity contribution in [2.45, 2.75) is 63.3 Å². The first-order chi connectivity index (χ1) is 10.9. The molecular weight excluding hydrogens is 286 g/mol. The molecule has 3 aliphatic heterocycles. The molecule has 1 unspecified atom stereocenters. The van der Waals surface area contributed by atoms with Crippen molar-refractivity contribution in [1.82, 2.24) is 4.90 Å². The molecular formula is C20H27NO2. The van der Waals surface area contributed by atoms with Crippen LogP contribution in [-0.4, -0.2) is 39.5 Å². The fourth-order valence-corrected chi connectivity index (χ4v) is 10.5. The normalized spacial score (nSPS) is 75.6. The molecule has 0 amide bonds. The molecule has 0 aromatic heterocycles. The third-order valence-electron chi connectivity index (χ3n) is 10.3. The summed E-state index contributed by atoms with van der Waals surface area (Å²) < 4.78 is 0. The Balaban J connectivity index is 1.55. The largest absolute Gasteiger partial charge is 0.392 e. The molecule has 9 bridgehead atoms. The quantitative estimate of drug-likeness (QED) is 0.674. The van der Waals surface area contributed by atoms with Crippen molar-refractivity contribution in [2.75, 3.05) is 6.54 Å². The van der Waals surface area contributed by atoms with Gasteiger partial charge in [0.05, 0.1) is 6.10 Å². The van der Waals surface area contributed by atoms with Gasteiger partial charge in [0.25, 0.3) is 0 Å². The molecule has 11 atom stereocenters. The molecule has 124 valence electrons. The average molecular weight is 313 g/mol. The van der Waals surface area contributed by atoms with Crippen LogP contribution in [-0.2, 0) is 0 Å². The fourth-order valence-electron chi connectivity index (χ4n) is 10.5. The SMILES string of the molecule is C=C1C[C@@]23C[C@@]4(O)[C@@H]5[C@@]6(C)CCC[C@@]57[C@@H]2C[C@@H]1[C@H](O)[C@@H]3[C@H]7N4C6. The number of hydrogen-bond acceptors (Lipinski definition) is 3. The van der Waals surface area contributed by atoms with Crippen molar-refractivity contribution >= 4 is 0 Å². The third-order valence-corrected chi connectivity index (χ3v) is 10.3. The molecule has 6 aliphatic carbocycles. The van der Waals surface area contributed by atoms with Crippen LogP contribution < -0.4 is 0 Å². The van der Waals surface area contributed by atoms with Crippen LogP contribution in [0.3, 0.4) is 0 Å². The Morgan fingerprint density at radius 1 is 1.30 bits per heavy atom. The summed E-state index contributed by atoms with van der Waals surface area (Å²) in [5.74, 6) is 1.94. The summed E-state index contributed by atoms with van der Waals surface area (Å²) in [7, 11) is 0. The molecule has 3 saturated heterocycles. The van der Waals surface area contributed by atoms with Crippen LogP contribution >= 0.6 is 0 Å². The van der Waals surface area contributed by atoms with E-state index in [1.54, 1.807) is 0 Å². The number of rotatable bonds is 0. The van der Waals surface area contributed by atoms with Crippen molar-refractivity contribution < 1.29 is 10.2 Å². The Hall–Kier alpha value is -0.380. The lowest BCUT2D eigenvalue weighted by Crippen LogP contribution is -2.66. The summed E-state index contributed by atoms with van der Waals surface area (Å²) in [4.78, 5) is 2.51. The van der Waals surface area contributed by atoms with E-state index in [1.807, 2.05) is 0 Å². The second-order valence-electron chi connectivity index (χ2n) is 10.7. The number of aliphatic hydroxyl groups excluding tert-OH is 1.